The summed E-state index contributed by atoms with van der Waals surface area (Å²) in [6, 6.07) is 13.0. The van der Waals surface area contributed by atoms with Gasteiger partial charge in [0.1, 0.15) is 29.9 Å². The Labute approximate surface area is 174 Å². The van der Waals surface area contributed by atoms with Crippen LogP contribution in [0.25, 0.3) is 11.7 Å². The molecule has 1 aliphatic heterocycles. The predicted octanol–water partition coefficient (Wildman–Crippen LogP) is 4.01. The van der Waals surface area contributed by atoms with E-state index in [-0.39, 0.29) is 30.4 Å². The second-order valence-electron chi connectivity index (χ2n) is 7.18. The average Bonchev–Trinajstić information content (AvgIpc) is 3.39. The van der Waals surface area contributed by atoms with Gasteiger partial charge < -0.3 is 27.9 Å². The van der Waals surface area contributed by atoms with Gasteiger partial charge in [-0.05, 0) is 50.2 Å². The van der Waals surface area contributed by atoms with Crippen LogP contribution < -0.4 is 14.4 Å². The second kappa shape index (κ2) is 8.51. The molecular weight excluding hydrogens is 386 g/mol. The predicted molar refractivity (Wildman–Crippen MR) is 108 cm³/mol. The van der Waals surface area contributed by atoms with E-state index in [0.29, 0.717) is 36.2 Å². The summed E-state index contributed by atoms with van der Waals surface area (Å²) in [4.78, 5) is 6.31. The van der Waals surface area contributed by atoms with E-state index >= 15 is 0 Å². The van der Waals surface area contributed by atoms with Crippen molar-refractivity contribution in [3.8, 4) is 29.2 Å². The molecule has 156 valence electrons. The van der Waals surface area contributed by atoms with E-state index in [1.165, 1.54) is 0 Å². The van der Waals surface area contributed by atoms with Gasteiger partial charge in [0.25, 0.3) is 5.89 Å². The first-order valence-electron chi connectivity index (χ1n) is 9.73. The van der Waals surface area contributed by atoms with Crippen molar-refractivity contribution in [2.24, 2.45) is 0 Å². The normalized spacial score (nSPS) is 18.8. The van der Waals surface area contributed by atoms with Crippen molar-refractivity contribution in [1.29, 1.82) is 5.26 Å². The summed E-state index contributed by atoms with van der Waals surface area (Å²) >= 11 is 0. The molecule has 0 aliphatic carbocycles. The highest BCUT2D eigenvalue weighted by Gasteiger charge is 2.28. The maximum absolute atomic E-state index is 9.50. The highest BCUT2D eigenvalue weighted by atomic mass is 16.5. The van der Waals surface area contributed by atoms with Gasteiger partial charge in [0, 0.05) is 13.1 Å². The molecule has 1 fully saturated rings. The molecule has 30 heavy (non-hydrogen) atoms. The van der Waals surface area contributed by atoms with E-state index in [2.05, 4.69) is 11.1 Å². The fourth-order valence-electron chi connectivity index (χ4n) is 3.45. The highest BCUT2D eigenvalue weighted by molar-refractivity contribution is 5.56. The monoisotopic (exact) mass is 409 g/mol. The van der Waals surface area contributed by atoms with Crippen molar-refractivity contribution in [3.05, 3.63) is 47.9 Å². The molecule has 1 saturated heterocycles. The molecule has 0 N–H and O–H groups in total. The number of nitrogens with zero attached hydrogens (tertiary/aromatic N) is 3. The van der Waals surface area contributed by atoms with Crippen LogP contribution in [-0.4, -0.2) is 37.4 Å². The molecule has 2 aromatic heterocycles. The maximum atomic E-state index is 9.50. The molecule has 0 radical (unpaired) electrons. The van der Waals surface area contributed by atoms with Gasteiger partial charge in [0.15, 0.2) is 5.76 Å². The summed E-state index contributed by atoms with van der Waals surface area (Å²) in [5, 5.41) is 9.50. The SMILES string of the molecule is COc1ccc(OCc2ccc(-c3nc(C#N)c(N4C[C@@H](C)O[C@H](C)C4)o3)o2)cc1. The lowest BCUT2D eigenvalue weighted by Crippen LogP contribution is -2.45. The third kappa shape index (κ3) is 4.26. The zero-order valence-electron chi connectivity index (χ0n) is 17.1. The summed E-state index contributed by atoms with van der Waals surface area (Å²) in [5.41, 5.74) is 0.235. The molecule has 0 unspecified atom stereocenters. The number of morpholine rings is 1. The van der Waals surface area contributed by atoms with E-state index in [0.717, 1.165) is 5.75 Å². The Kier molecular flexibility index (Phi) is 5.63. The van der Waals surface area contributed by atoms with Gasteiger partial charge in [-0.1, -0.05) is 0 Å². The number of methoxy groups -OCH3 is 1. The number of ether oxygens (including phenoxy) is 3. The number of oxazole rings is 1. The third-order valence-corrected chi connectivity index (χ3v) is 4.73. The molecule has 1 aromatic carbocycles. The molecule has 8 nitrogen and oxygen atoms in total. The van der Waals surface area contributed by atoms with Crippen LogP contribution in [0.1, 0.15) is 25.3 Å². The first-order valence-corrected chi connectivity index (χ1v) is 9.73. The zero-order valence-corrected chi connectivity index (χ0v) is 17.1. The quantitative estimate of drug-likeness (QED) is 0.603. The minimum absolute atomic E-state index is 0.0409. The van der Waals surface area contributed by atoms with Crippen LogP contribution in [0.4, 0.5) is 5.88 Å². The smallest absolute Gasteiger partial charge is 0.266 e. The van der Waals surface area contributed by atoms with Gasteiger partial charge in [-0.25, -0.2) is 0 Å². The Bertz CT molecular complexity index is 1020. The molecule has 0 spiro atoms. The number of nitriles is 1. The average molecular weight is 409 g/mol. The molecule has 0 saturated carbocycles. The first kappa shape index (κ1) is 19.9. The molecular formula is C22H23N3O5. The molecule has 4 rings (SSSR count). The molecule has 2 atom stereocenters. The second-order valence-corrected chi connectivity index (χ2v) is 7.18. The Morgan fingerprint density at radius 2 is 1.77 bits per heavy atom. The molecule has 3 aromatic rings. The number of aromatic nitrogens is 1. The van der Waals surface area contributed by atoms with Crippen LogP contribution >= 0.6 is 0 Å². The van der Waals surface area contributed by atoms with E-state index in [1.807, 2.05) is 43.0 Å². The van der Waals surface area contributed by atoms with Gasteiger partial charge in [-0.2, -0.15) is 10.2 Å². The topological polar surface area (TPSA) is 93.9 Å². The lowest BCUT2D eigenvalue weighted by Gasteiger charge is -2.34. The van der Waals surface area contributed by atoms with Gasteiger partial charge >= 0.3 is 0 Å². The Hall–Kier alpha value is -3.44. The lowest BCUT2D eigenvalue weighted by molar-refractivity contribution is -0.00639. The number of rotatable bonds is 6. The molecule has 1 aliphatic rings. The molecule has 3 heterocycles. The minimum atomic E-state index is 0.0409. The Balaban J connectivity index is 1.47. The fraction of sp³-hybridized carbons (Fsp3) is 0.364. The van der Waals surface area contributed by atoms with Crippen LogP contribution in [0.15, 0.2) is 45.2 Å². The molecule has 8 heteroatoms. The first-order chi connectivity index (χ1) is 14.6. The van der Waals surface area contributed by atoms with E-state index < -0.39 is 0 Å². The Morgan fingerprint density at radius 1 is 1.07 bits per heavy atom. The summed E-state index contributed by atoms with van der Waals surface area (Å²) in [5.74, 6) is 3.24. The maximum Gasteiger partial charge on any atom is 0.266 e. The van der Waals surface area contributed by atoms with Crippen molar-refractivity contribution in [3.63, 3.8) is 0 Å². The van der Waals surface area contributed by atoms with E-state index in [9.17, 15) is 5.26 Å². The van der Waals surface area contributed by atoms with Crippen molar-refractivity contribution < 1.29 is 23.0 Å². The van der Waals surface area contributed by atoms with Crippen LogP contribution in [0.5, 0.6) is 11.5 Å². The standard InChI is InChI=1S/C22H23N3O5/c1-14-11-25(12-15(2)28-14)22-19(10-23)24-21(30-22)20-9-8-18(29-20)13-27-17-6-4-16(26-3)5-7-17/h4-9,14-15H,11-13H2,1-3H3/t14-,15-/m1/s1. The van der Waals surface area contributed by atoms with Crippen LogP contribution in [0.2, 0.25) is 0 Å². The minimum Gasteiger partial charge on any atom is -0.497 e. The summed E-state index contributed by atoms with van der Waals surface area (Å²) in [6.07, 6.45) is 0.0818. The largest absolute Gasteiger partial charge is 0.497 e. The number of hydrogen-bond donors (Lipinski definition) is 0. The number of benzene rings is 1. The Morgan fingerprint density at radius 3 is 2.43 bits per heavy atom. The number of furan rings is 1. The highest BCUT2D eigenvalue weighted by Crippen LogP contribution is 2.31. The zero-order chi connectivity index (χ0) is 21.1. The van der Waals surface area contributed by atoms with Crippen molar-refractivity contribution in [1.82, 2.24) is 4.98 Å². The van der Waals surface area contributed by atoms with Crippen LogP contribution in [0, 0.1) is 11.3 Å². The summed E-state index contributed by atoms with van der Waals surface area (Å²) < 4.78 is 28.4. The van der Waals surface area contributed by atoms with Crippen molar-refractivity contribution >= 4 is 5.88 Å². The third-order valence-electron chi connectivity index (χ3n) is 4.73. The van der Waals surface area contributed by atoms with Crippen LogP contribution in [-0.2, 0) is 11.3 Å². The fourth-order valence-corrected chi connectivity index (χ4v) is 3.45. The van der Waals surface area contributed by atoms with Crippen molar-refractivity contribution in [2.45, 2.75) is 32.7 Å². The van der Waals surface area contributed by atoms with E-state index in [4.69, 9.17) is 23.0 Å². The van der Waals surface area contributed by atoms with Crippen LogP contribution in [0.3, 0.4) is 0 Å². The number of hydrogen-bond acceptors (Lipinski definition) is 8. The number of anilines is 1. The van der Waals surface area contributed by atoms with Gasteiger partial charge in [-0.3, -0.25) is 0 Å². The van der Waals surface area contributed by atoms with Gasteiger partial charge in [-0.15, -0.1) is 0 Å². The van der Waals surface area contributed by atoms with Gasteiger partial charge in [0.2, 0.25) is 11.6 Å². The van der Waals surface area contributed by atoms with E-state index in [1.54, 1.807) is 19.2 Å². The van der Waals surface area contributed by atoms with Gasteiger partial charge in [0.05, 0.1) is 19.3 Å². The summed E-state index contributed by atoms with van der Waals surface area (Å²) in [6.45, 7) is 5.50. The molecule has 0 amide bonds. The summed E-state index contributed by atoms with van der Waals surface area (Å²) in [7, 11) is 1.62. The van der Waals surface area contributed by atoms with Crippen molar-refractivity contribution in [2.75, 3.05) is 25.1 Å². The molecule has 0 bridgehead atoms. The lowest BCUT2D eigenvalue weighted by atomic mass is 10.2.